The third-order valence-corrected chi connectivity index (χ3v) is 6.28. The van der Waals surface area contributed by atoms with Crippen molar-refractivity contribution in [3.63, 3.8) is 0 Å². The molecule has 0 radical (unpaired) electrons. The van der Waals surface area contributed by atoms with Crippen LogP contribution in [0.25, 0.3) is 5.69 Å². The zero-order chi connectivity index (χ0) is 21.1. The van der Waals surface area contributed by atoms with E-state index >= 15 is 0 Å². The molecular weight excluding hydrogens is 396 g/mol. The van der Waals surface area contributed by atoms with Crippen LogP contribution in [0.3, 0.4) is 0 Å². The number of hydrogen-bond acceptors (Lipinski definition) is 6. The van der Waals surface area contributed by atoms with Crippen LogP contribution in [0.5, 0.6) is 0 Å². The fraction of sp³-hybridized carbons (Fsp3) is 0.348. The second-order valence-electron chi connectivity index (χ2n) is 7.50. The van der Waals surface area contributed by atoms with Crippen molar-refractivity contribution in [1.29, 1.82) is 0 Å². The van der Waals surface area contributed by atoms with Gasteiger partial charge in [0.15, 0.2) is 10.9 Å². The molecular formula is C23H26N4O2S. The van der Waals surface area contributed by atoms with Crippen LogP contribution in [0.2, 0.25) is 0 Å². The first-order valence-electron chi connectivity index (χ1n) is 10.2. The zero-order valence-corrected chi connectivity index (χ0v) is 18.4. The highest BCUT2D eigenvalue weighted by atomic mass is 32.2. The van der Waals surface area contributed by atoms with E-state index < -0.39 is 0 Å². The number of aromatic nitrogens is 3. The first kappa shape index (κ1) is 20.6. The van der Waals surface area contributed by atoms with Crippen molar-refractivity contribution < 1.29 is 9.53 Å². The van der Waals surface area contributed by atoms with Crippen LogP contribution < -0.4 is 4.90 Å². The fourth-order valence-corrected chi connectivity index (χ4v) is 4.47. The normalized spacial score (nSPS) is 15.2. The molecule has 30 heavy (non-hydrogen) atoms. The Bertz CT molecular complexity index is 1030. The lowest BCUT2D eigenvalue weighted by Crippen LogP contribution is -2.37. The van der Waals surface area contributed by atoms with Crippen molar-refractivity contribution in [3.05, 3.63) is 65.2 Å². The second kappa shape index (κ2) is 9.02. The average Bonchev–Trinajstić information content (AvgIpc) is 3.19. The quantitative estimate of drug-likeness (QED) is 0.441. The van der Waals surface area contributed by atoms with E-state index in [2.05, 4.69) is 15.1 Å². The molecule has 0 amide bonds. The van der Waals surface area contributed by atoms with E-state index in [0.29, 0.717) is 18.4 Å². The topological polar surface area (TPSA) is 60.3 Å². The Balaban J connectivity index is 1.66. The number of ether oxygens (including phenoxy) is 1. The molecule has 0 spiro atoms. The molecule has 0 N–H and O–H groups in total. The van der Waals surface area contributed by atoms with Gasteiger partial charge in [-0.05, 0) is 44.5 Å². The van der Waals surface area contributed by atoms with Crippen LogP contribution in [0.1, 0.15) is 28.4 Å². The minimum atomic E-state index is -0.283. The van der Waals surface area contributed by atoms with E-state index in [-0.39, 0.29) is 11.0 Å². The molecule has 7 heteroatoms. The van der Waals surface area contributed by atoms with E-state index in [4.69, 9.17) is 4.74 Å². The van der Waals surface area contributed by atoms with Crippen LogP contribution >= 0.6 is 11.8 Å². The third-order valence-electron chi connectivity index (χ3n) is 5.23. The number of carbonyl (C=O) groups is 1. The van der Waals surface area contributed by atoms with E-state index in [9.17, 15) is 4.79 Å². The van der Waals surface area contributed by atoms with Crippen LogP contribution in [-0.4, -0.2) is 52.1 Å². The maximum atomic E-state index is 13.2. The summed E-state index contributed by atoms with van der Waals surface area (Å²) in [5.74, 6) is 0.898. The number of anilines is 1. The van der Waals surface area contributed by atoms with Gasteiger partial charge in [0, 0.05) is 18.7 Å². The SMILES string of the molecule is Cc1ccc(C)c(C(=O)[C@H](C)Sc2nnc(N3CCOCC3)n2-c2ccccc2)c1. The lowest BCUT2D eigenvalue weighted by Gasteiger charge is -2.28. The Hall–Kier alpha value is -2.64. The molecule has 0 saturated carbocycles. The van der Waals surface area contributed by atoms with Crippen molar-refractivity contribution in [2.75, 3.05) is 31.2 Å². The van der Waals surface area contributed by atoms with Gasteiger partial charge in [-0.1, -0.05) is 47.7 Å². The Labute approximate surface area is 181 Å². The highest BCUT2D eigenvalue weighted by Gasteiger charge is 2.25. The summed E-state index contributed by atoms with van der Waals surface area (Å²) >= 11 is 1.45. The molecule has 2 aromatic carbocycles. The van der Waals surface area contributed by atoms with Crippen molar-refractivity contribution in [2.45, 2.75) is 31.2 Å². The number of morpholine rings is 1. The predicted molar refractivity (Wildman–Crippen MR) is 120 cm³/mol. The smallest absolute Gasteiger partial charge is 0.232 e. The molecule has 1 aromatic heterocycles. The minimum absolute atomic E-state index is 0.108. The maximum Gasteiger partial charge on any atom is 0.232 e. The van der Waals surface area contributed by atoms with Gasteiger partial charge in [0.2, 0.25) is 5.95 Å². The molecule has 1 aliphatic rings. The first-order valence-corrected chi connectivity index (χ1v) is 11.0. The van der Waals surface area contributed by atoms with Gasteiger partial charge in [-0.3, -0.25) is 9.36 Å². The minimum Gasteiger partial charge on any atom is -0.378 e. The predicted octanol–water partition coefficient (Wildman–Crippen LogP) is 4.08. The number of carbonyl (C=O) groups excluding carboxylic acids is 1. The number of hydrogen-bond donors (Lipinski definition) is 0. The summed E-state index contributed by atoms with van der Waals surface area (Å²) in [7, 11) is 0. The number of benzene rings is 2. The number of para-hydroxylation sites is 1. The number of nitrogens with zero attached hydrogens (tertiary/aromatic N) is 4. The Morgan fingerprint density at radius 2 is 1.80 bits per heavy atom. The number of aryl methyl sites for hydroxylation is 2. The van der Waals surface area contributed by atoms with Crippen LogP contribution in [-0.2, 0) is 4.74 Å². The van der Waals surface area contributed by atoms with Gasteiger partial charge in [-0.25, -0.2) is 0 Å². The van der Waals surface area contributed by atoms with Gasteiger partial charge in [0.1, 0.15) is 0 Å². The molecule has 0 bridgehead atoms. The molecule has 0 unspecified atom stereocenters. The average molecular weight is 423 g/mol. The van der Waals surface area contributed by atoms with Crippen molar-refractivity contribution in [1.82, 2.24) is 14.8 Å². The largest absolute Gasteiger partial charge is 0.378 e. The van der Waals surface area contributed by atoms with Crippen LogP contribution in [0.4, 0.5) is 5.95 Å². The molecule has 156 valence electrons. The molecule has 6 nitrogen and oxygen atoms in total. The fourth-order valence-electron chi connectivity index (χ4n) is 3.54. The number of ketones is 1. The standard InChI is InChI=1S/C23H26N4O2S/c1-16-9-10-17(2)20(15-16)21(28)18(3)30-23-25-24-22(26-11-13-29-14-12-26)27(23)19-7-5-4-6-8-19/h4-10,15,18H,11-14H2,1-3H3/t18-/m0/s1. The highest BCUT2D eigenvalue weighted by molar-refractivity contribution is 8.00. The summed E-state index contributed by atoms with van der Waals surface area (Å²) in [5.41, 5.74) is 3.84. The molecule has 0 aliphatic carbocycles. The van der Waals surface area contributed by atoms with Crippen molar-refractivity contribution in [2.24, 2.45) is 0 Å². The van der Waals surface area contributed by atoms with E-state index in [1.54, 1.807) is 0 Å². The Morgan fingerprint density at radius 3 is 2.53 bits per heavy atom. The molecule has 4 rings (SSSR count). The van der Waals surface area contributed by atoms with Gasteiger partial charge in [-0.2, -0.15) is 0 Å². The summed E-state index contributed by atoms with van der Waals surface area (Å²) in [6.45, 7) is 8.81. The van der Waals surface area contributed by atoms with Gasteiger partial charge in [0.05, 0.1) is 24.2 Å². The molecule has 2 heterocycles. The number of Topliss-reactive ketones (excluding diaryl/α,β-unsaturated/α-hetero) is 1. The van der Waals surface area contributed by atoms with Gasteiger partial charge < -0.3 is 9.64 Å². The maximum absolute atomic E-state index is 13.2. The molecule has 1 aliphatic heterocycles. The summed E-state index contributed by atoms with van der Waals surface area (Å²) in [5, 5.41) is 9.38. The third kappa shape index (κ3) is 4.27. The van der Waals surface area contributed by atoms with Crippen molar-refractivity contribution >= 4 is 23.5 Å². The number of rotatable bonds is 6. The lowest BCUT2D eigenvalue weighted by atomic mass is 10.0. The molecule has 1 atom stereocenters. The zero-order valence-electron chi connectivity index (χ0n) is 17.5. The molecule has 1 fully saturated rings. The first-order chi connectivity index (χ1) is 14.5. The van der Waals surface area contributed by atoms with E-state index in [1.807, 2.05) is 73.9 Å². The van der Waals surface area contributed by atoms with E-state index in [0.717, 1.165) is 41.4 Å². The van der Waals surface area contributed by atoms with Gasteiger partial charge in [-0.15, -0.1) is 10.2 Å². The van der Waals surface area contributed by atoms with Crippen LogP contribution in [0, 0.1) is 13.8 Å². The Morgan fingerprint density at radius 1 is 1.07 bits per heavy atom. The second-order valence-corrected chi connectivity index (χ2v) is 8.80. The number of thioether (sulfide) groups is 1. The van der Waals surface area contributed by atoms with Gasteiger partial charge in [0.25, 0.3) is 0 Å². The van der Waals surface area contributed by atoms with E-state index in [1.165, 1.54) is 11.8 Å². The van der Waals surface area contributed by atoms with Crippen LogP contribution in [0.15, 0.2) is 53.7 Å². The summed E-state index contributed by atoms with van der Waals surface area (Å²) in [4.78, 5) is 15.4. The van der Waals surface area contributed by atoms with Crippen molar-refractivity contribution in [3.8, 4) is 5.69 Å². The molecule has 1 saturated heterocycles. The highest BCUT2D eigenvalue weighted by Crippen LogP contribution is 2.31. The summed E-state index contributed by atoms with van der Waals surface area (Å²) < 4.78 is 7.53. The summed E-state index contributed by atoms with van der Waals surface area (Å²) in [6.07, 6.45) is 0. The Kier molecular flexibility index (Phi) is 6.20. The molecule has 3 aromatic rings. The summed E-state index contributed by atoms with van der Waals surface area (Å²) in [6, 6.07) is 16.1. The lowest BCUT2D eigenvalue weighted by molar-refractivity contribution is 0.0993. The monoisotopic (exact) mass is 422 g/mol. The van der Waals surface area contributed by atoms with Gasteiger partial charge >= 0.3 is 0 Å².